The monoisotopic (exact) mass is 326 g/mol. The first kappa shape index (κ1) is 14.9. The largest absolute Gasteiger partial charge is 0.374 e. The van der Waals surface area contributed by atoms with E-state index in [0.29, 0.717) is 6.04 Å². The fraction of sp³-hybridized carbons (Fsp3) is 0.667. The molecule has 0 aromatic carbocycles. The Hall–Kier alpha value is -0.450. The molecule has 2 heterocycles. The molecule has 0 spiro atoms. The highest BCUT2D eigenvalue weighted by molar-refractivity contribution is 9.10. The van der Waals surface area contributed by atoms with Crippen LogP contribution >= 0.6 is 15.9 Å². The predicted molar refractivity (Wildman–Crippen MR) is 81.3 cm³/mol. The van der Waals surface area contributed by atoms with Crippen LogP contribution in [0.15, 0.2) is 22.9 Å². The molecular weight excluding hydrogens is 304 g/mol. The van der Waals surface area contributed by atoms with Gasteiger partial charge in [-0.1, -0.05) is 6.92 Å². The van der Waals surface area contributed by atoms with Crippen LogP contribution in [0.2, 0.25) is 0 Å². The summed E-state index contributed by atoms with van der Waals surface area (Å²) in [5.41, 5.74) is 1.21. The molecule has 106 valence electrons. The van der Waals surface area contributed by atoms with Crippen LogP contribution in [0.4, 0.5) is 0 Å². The molecule has 1 aliphatic rings. The van der Waals surface area contributed by atoms with Crippen LogP contribution in [-0.4, -0.2) is 29.8 Å². The van der Waals surface area contributed by atoms with Crippen LogP contribution in [0.1, 0.15) is 38.7 Å². The first-order valence-corrected chi connectivity index (χ1v) is 7.90. The van der Waals surface area contributed by atoms with Crippen molar-refractivity contribution in [2.75, 3.05) is 13.2 Å². The quantitative estimate of drug-likeness (QED) is 0.870. The Morgan fingerprint density at radius 3 is 3.00 bits per heavy atom. The molecule has 0 bridgehead atoms. The zero-order valence-corrected chi connectivity index (χ0v) is 13.4. The van der Waals surface area contributed by atoms with Crippen LogP contribution < -0.4 is 5.32 Å². The Morgan fingerprint density at radius 2 is 2.37 bits per heavy atom. The molecule has 2 atom stereocenters. The van der Waals surface area contributed by atoms with Gasteiger partial charge in [-0.05, 0) is 66.7 Å². The topological polar surface area (TPSA) is 34.2 Å². The minimum absolute atomic E-state index is 0.0442. The first-order chi connectivity index (χ1) is 9.14. The van der Waals surface area contributed by atoms with Crippen molar-refractivity contribution in [1.29, 1.82) is 0 Å². The summed E-state index contributed by atoms with van der Waals surface area (Å²) >= 11 is 3.49. The molecule has 2 rings (SSSR count). The molecule has 0 saturated carbocycles. The molecule has 1 fully saturated rings. The van der Waals surface area contributed by atoms with Gasteiger partial charge in [-0.3, -0.25) is 4.98 Å². The molecule has 1 saturated heterocycles. The Balaban J connectivity index is 2.09. The molecule has 4 heteroatoms. The van der Waals surface area contributed by atoms with Crippen LogP contribution in [0.5, 0.6) is 0 Å². The molecule has 0 radical (unpaired) electrons. The van der Waals surface area contributed by atoms with Gasteiger partial charge in [0.15, 0.2) is 0 Å². The van der Waals surface area contributed by atoms with Crippen molar-refractivity contribution in [3.05, 3.63) is 28.5 Å². The molecule has 19 heavy (non-hydrogen) atoms. The maximum absolute atomic E-state index is 6.01. The Bertz CT molecular complexity index is 405. The SMILES string of the molecule is CCCNC(Cc1cncc(Br)c1)C1(C)CCCO1. The molecule has 1 aromatic rings. The minimum Gasteiger partial charge on any atom is -0.374 e. The van der Waals surface area contributed by atoms with Gasteiger partial charge in [0.05, 0.1) is 5.60 Å². The molecular formula is C15H23BrN2O. The fourth-order valence-corrected chi connectivity index (χ4v) is 3.11. The van der Waals surface area contributed by atoms with Crippen molar-refractivity contribution in [3.63, 3.8) is 0 Å². The van der Waals surface area contributed by atoms with Crippen molar-refractivity contribution in [3.8, 4) is 0 Å². The van der Waals surface area contributed by atoms with Gasteiger partial charge in [-0.25, -0.2) is 0 Å². The zero-order valence-electron chi connectivity index (χ0n) is 11.8. The van der Waals surface area contributed by atoms with Crippen LogP contribution in [-0.2, 0) is 11.2 Å². The van der Waals surface area contributed by atoms with Gasteiger partial charge in [0, 0.05) is 29.5 Å². The van der Waals surface area contributed by atoms with Gasteiger partial charge in [0.2, 0.25) is 0 Å². The lowest BCUT2D eigenvalue weighted by molar-refractivity contribution is -0.0114. The van der Waals surface area contributed by atoms with Gasteiger partial charge in [0.1, 0.15) is 0 Å². The lowest BCUT2D eigenvalue weighted by Crippen LogP contribution is -2.50. The van der Waals surface area contributed by atoms with Crippen LogP contribution in [0, 0.1) is 0 Å². The third-order valence-corrected chi connectivity index (χ3v) is 4.26. The molecule has 1 N–H and O–H groups in total. The van der Waals surface area contributed by atoms with E-state index in [1.54, 1.807) is 0 Å². The summed E-state index contributed by atoms with van der Waals surface area (Å²) < 4.78 is 7.05. The normalized spacial score (nSPS) is 24.6. The average Bonchev–Trinajstić information content (AvgIpc) is 2.82. The predicted octanol–water partition coefficient (Wildman–Crippen LogP) is 3.32. The highest BCUT2D eigenvalue weighted by Crippen LogP contribution is 2.30. The van der Waals surface area contributed by atoms with E-state index in [-0.39, 0.29) is 5.60 Å². The first-order valence-electron chi connectivity index (χ1n) is 7.11. The second-order valence-electron chi connectivity index (χ2n) is 5.49. The maximum atomic E-state index is 6.01. The van der Waals surface area contributed by atoms with Crippen molar-refractivity contribution in [2.45, 2.75) is 51.2 Å². The van der Waals surface area contributed by atoms with Crippen molar-refractivity contribution >= 4 is 15.9 Å². The van der Waals surface area contributed by atoms with Gasteiger partial charge in [-0.2, -0.15) is 0 Å². The van der Waals surface area contributed by atoms with E-state index in [0.717, 1.165) is 43.3 Å². The number of rotatable bonds is 6. The smallest absolute Gasteiger partial charge is 0.0810 e. The van der Waals surface area contributed by atoms with Gasteiger partial charge >= 0.3 is 0 Å². The van der Waals surface area contributed by atoms with E-state index in [2.05, 4.69) is 46.1 Å². The summed E-state index contributed by atoms with van der Waals surface area (Å²) in [5, 5.41) is 3.65. The average molecular weight is 327 g/mol. The third-order valence-electron chi connectivity index (χ3n) is 3.83. The number of pyridine rings is 1. The highest BCUT2D eigenvalue weighted by Gasteiger charge is 2.37. The van der Waals surface area contributed by atoms with Crippen LogP contribution in [0.25, 0.3) is 0 Å². The van der Waals surface area contributed by atoms with Crippen molar-refractivity contribution in [1.82, 2.24) is 10.3 Å². The second kappa shape index (κ2) is 6.82. The summed E-state index contributed by atoms with van der Waals surface area (Å²) in [6.07, 6.45) is 8.18. The lowest BCUT2D eigenvalue weighted by atomic mass is 9.88. The summed E-state index contributed by atoms with van der Waals surface area (Å²) in [7, 11) is 0. The number of halogens is 1. The van der Waals surface area contributed by atoms with E-state index in [4.69, 9.17) is 4.74 Å². The number of ether oxygens (including phenoxy) is 1. The molecule has 0 amide bonds. The zero-order chi connectivity index (χ0) is 13.7. The standard InChI is InChI=1S/C15H23BrN2O/c1-3-6-18-14(15(2)5-4-7-19-15)9-12-8-13(16)11-17-10-12/h8,10-11,14,18H,3-7,9H2,1-2H3. The molecule has 3 nitrogen and oxygen atoms in total. The lowest BCUT2D eigenvalue weighted by Gasteiger charge is -2.34. The van der Waals surface area contributed by atoms with E-state index in [1.807, 2.05) is 12.4 Å². The van der Waals surface area contributed by atoms with Gasteiger partial charge < -0.3 is 10.1 Å². The Morgan fingerprint density at radius 1 is 1.53 bits per heavy atom. The highest BCUT2D eigenvalue weighted by atomic mass is 79.9. The molecule has 1 aromatic heterocycles. The van der Waals surface area contributed by atoms with E-state index in [1.165, 1.54) is 5.56 Å². The van der Waals surface area contributed by atoms with E-state index >= 15 is 0 Å². The molecule has 1 aliphatic heterocycles. The number of aromatic nitrogens is 1. The van der Waals surface area contributed by atoms with Gasteiger partial charge in [-0.15, -0.1) is 0 Å². The Labute approximate surface area is 124 Å². The number of hydrogen-bond donors (Lipinski definition) is 1. The summed E-state index contributed by atoms with van der Waals surface area (Å²) in [6, 6.07) is 2.50. The number of nitrogens with zero attached hydrogens (tertiary/aromatic N) is 1. The van der Waals surface area contributed by atoms with Crippen LogP contribution in [0.3, 0.4) is 0 Å². The van der Waals surface area contributed by atoms with Gasteiger partial charge in [0.25, 0.3) is 0 Å². The number of nitrogens with one attached hydrogen (secondary N) is 1. The Kier molecular flexibility index (Phi) is 5.37. The maximum Gasteiger partial charge on any atom is 0.0810 e. The fourth-order valence-electron chi connectivity index (χ4n) is 2.70. The van der Waals surface area contributed by atoms with Crippen molar-refractivity contribution < 1.29 is 4.74 Å². The summed E-state index contributed by atoms with van der Waals surface area (Å²) in [4.78, 5) is 4.25. The second-order valence-corrected chi connectivity index (χ2v) is 6.40. The summed E-state index contributed by atoms with van der Waals surface area (Å²) in [6.45, 7) is 6.35. The third kappa shape index (κ3) is 4.01. The number of hydrogen-bond acceptors (Lipinski definition) is 3. The van der Waals surface area contributed by atoms with Crippen molar-refractivity contribution in [2.24, 2.45) is 0 Å². The molecule has 2 unspecified atom stereocenters. The van der Waals surface area contributed by atoms with E-state index in [9.17, 15) is 0 Å². The summed E-state index contributed by atoms with van der Waals surface area (Å²) in [5.74, 6) is 0. The minimum atomic E-state index is -0.0442. The molecule has 0 aliphatic carbocycles. The van der Waals surface area contributed by atoms with E-state index < -0.39 is 0 Å².